The van der Waals surface area contributed by atoms with E-state index in [0.717, 1.165) is 25.9 Å². The van der Waals surface area contributed by atoms with Crippen molar-refractivity contribution in [3.8, 4) is 11.5 Å². The number of rotatable bonds is 6. The molecule has 27 heavy (non-hydrogen) atoms. The summed E-state index contributed by atoms with van der Waals surface area (Å²) >= 11 is 0. The van der Waals surface area contributed by atoms with Crippen molar-refractivity contribution in [3.63, 3.8) is 0 Å². The quantitative estimate of drug-likeness (QED) is 0.607. The lowest BCUT2D eigenvalue weighted by Crippen LogP contribution is -2.35. The van der Waals surface area contributed by atoms with Crippen molar-refractivity contribution in [2.24, 2.45) is 5.92 Å². The summed E-state index contributed by atoms with van der Waals surface area (Å²) in [5.74, 6) is 2.04. The Morgan fingerprint density at radius 3 is 2.78 bits per heavy atom. The fourth-order valence-corrected chi connectivity index (χ4v) is 3.28. The zero-order valence-corrected chi connectivity index (χ0v) is 15.6. The number of nitrogens with one attached hydrogen (secondary N) is 1. The first kappa shape index (κ1) is 18.7. The van der Waals surface area contributed by atoms with Crippen LogP contribution < -0.4 is 19.7 Å². The molecule has 3 rings (SSSR count). The first-order valence-corrected chi connectivity index (χ1v) is 8.77. The summed E-state index contributed by atoms with van der Waals surface area (Å²) in [5, 5.41) is 14.9. The van der Waals surface area contributed by atoms with Crippen LogP contribution in [0.3, 0.4) is 0 Å². The van der Waals surface area contributed by atoms with Crippen LogP contribution in [0.5, 0.6) is 11.5 Å². The SMILES string of the molecule is COc1ccc(OC)c(Nc2ncnc(N3CCCC(C)C3)c2[N+](=O)[O-])c1. The molecule has 0 saturated carbocycles. The third-order valence-corrected chi connectivity index (χ3v) is 4.60. The molecule has 1 aromatic heterocycles. The molecule has 2 heterocycles. The van der Waals surface area contributed by atoms with Crippen LogP contribution in [0.15, 0.2) is 24.5 Å². The summed E-state index contributed by atoms with van der Waals surface area (Å²) in [4.78, 5) is 21.7. The molecule has 1 saturated heterocycles. The molecule has 0 radical (unpaired) electrons. The van der Waals surface area contributed by atoms with Gasteiger partial charge in [-0.15, -0.1) is 0 Å². The minimum atomic E-state index is -0.441. The second kappa shape index (κ2) is 8.07. The number of piperidine rings is 1. The van der Waals surface area contributed by atoms with Crippen LogP contribution in [-0.4, -0.2) is 42.2 Å². The Morgan fingerprint density at radius 1 is 1.30 bits per heavy atom. The number of anilines is 3. The molecule has 1 aliphatic rings. The highest BCUT2D eigenvalue weighted by Gasteiger charge is 2.29. The Bertz CT molecular complexity index is 829. The first-order chi connectivity index (χ1) is 13.0. The summed E-state index contributed by atoms with van der Waals surface area (Å²) in [6.07, 6.45) is 3.44. The third-order valence-electron chi connectivity index (χ3n) is 4.60. The summed E-state index contributed by atoms with van der Waals surface area (Å²) in [5.41, 5.74) is 0.382. The van der Waals surface area contributed by atoms with Crippen molar-refractivity contribution in [1.82, 2.24) is 9.97 Å². The van der Waals surface area contributed by atoms with Crippen molar-refractivity contribution in [3.05, 3.63) is 34.6 Å². The highest BCUT2D eigenvalue weighted by atomic mass is 16.6. The van der Waals surface area contributed by atoms with E-state index in [9.17, 15) is 10.1 Å². The van der Waals surface area contributed by atoms with Crippen LogP contribution in [0.4, 0.5) is 23.0 Å². The average Bonchev–Trinajstić information content (AvgIpc) is 2.67. The summed E-state index contributed by atoms with van der Waals surface area (Å²) in [7, 11) is 3.08. The van der Waals surface area contributed by atoms with Gasteiger partial charge in [-0.3, -0.25) is 10.1 Å². The van der Waals surface area contributed by atoms with Gasteiger partial charge in [0.1, 0.15) is 17.8 Å². The number of hydrogen-bond acceptors (Lipinski definition) is 8. The summed E-state index contributed by atoms with van der Waals surface area (Å²) in [6, 6.07) is 5.17. The summed E-state index contributed by atoms with van der Waals surface area (Å²) in [6.45, 7) is 3.61. The molecule has 0 amide bonds. The second-order valence-electron chi connectivity index (χ2n) is 6.54. The highest BCUT2D eigenvalue weighted by Crippen LogP contribution is 2.38. The Kier molecular flexibility index (Phi) is 5.58. The number of hydrogen-bond donors (Lipinski definition) is 1. The second-order valence-corrected chi connectivity index (χ2v) is 6.54. The predicted molar refractivity (Wildman–Crippen MR) is 102 cm³/mol. The molecule has 0 bridgehead atoms. The molecule has 9 nitrogen and oxygen atoms in total. The molecule has 1 atom stereocenters. The molecule has 1 fully saturated rings. The van der Waals surface area contributed by atoms with Gasteiger partial charge in [0, 0.05) is 19.2 Å². The minimum absolute atomic E-state index is 0.120. The van der Waals surface area contributed by atoms with Crippen LogP contribution >= 0.6 is 0 Å². The smallest absolute Gasteiger partial charge is 0.353 e. The molecule has 1 N–H and O–H groups in total. The molecule has 2 aromatic rings. The Labute approximate surface area is 157 Å². The molecule has 0 aliphatic carbocycles. The summed E-state index contributed by atoms with van der Waals surface area (Å²) < 4.78 is 10.6. The number of ether oxygens (including phenoxy) is 2. The van der Waals surface area contributed by atoms with Crippen LogP contribution in [0, 0.1) is 16.0 Å². The van der Waals surface area contributed by atoms with E-state index in [2.05, 4.69) is 22.2 Å². The van der Waals surface area contributed by atoms with Gasteiger partial charge >= 0.3 is 5.69 Å². The monoisotopic (exact) mass is 373 g/mol. The van der Waals surface area contributed by atoms with E-state index in [1.165, 1.54) is 13.4 Å². The molecule has 9 heteroatoms. The number of nitro groups is 1. The van der Waals surface area contributed by atoms with Gasteiger partial charge in [-0.25, -0.2) is 9.97 Å². The number of benzene rings is 1. The van der Waals surface area contributed by atoms with E-state index in [0.29, 0.717) is 28.9 Å². The normalized spacial score (nSPS) is 16.7. The zero-order chi connectivity index (χ0) is 19.4. The van der Waals surface area contributed by atoms with Gasteiger partial charge in [-0.2, -0.15) is 0 Å². The average molecular weight is 373 g/mol. The number of methoxy groups -OCH3 is 2. The van der Waals surface area contributed by atoms with Crippen molar-refractivity contribution >= 4 is 23.0 Å². The molecule has 1 aromatic carbocycles. The van der Waals surface area contributed by atoms with Crippen LogP contribution in [-0.2, 0) is 0 Å². The van der Waals surface area contributed by atoms with E-state index in [1.807, 2.05) is 4.90 Å². The lowest BCUT2D eigenvalue weighted by atomic mass is 10.0. The maximum absolute atomic E-state index is 11.8. The van der Waals surface area contributed by atoms with Gasteiger partial charge < -0.3 is 19.7 Å². The van der Waals surface area contributed by atoms with Crippen LogP contribution in [0.2, 0.25) is 0 Å². The molecule has 1 unspecified atom stereocenters. The van der Waals surface area contributed by atoms with E-state index in [-0.39, 0.29) is 11.5 Å². The minimum Gasteiger partial charge on any atom is -0.497 e. The zero-order valence-electron chi connectivity index (χ0n) is 15.6. The van der Waals surface area contributed by atoms with E-state index in [1.54, 1.807) is 25.3 Å². The largest absolute Gasteiger partial charge is 0.497 e. The van der Waals surface area contributed by atoms with Crippen molar-refractivity contribution < 1.29 is 14.4 Å². The maximum atomic E-state index is 11.8. The van der Waals surface area contributed by atoms with Crippen molar-refractivity contribution in [2.75, 3.05) is 37.5 Å². The van der Waals surface area contributed by atoms with Crippen LogP contribution in [0.25, 0.3) is 0 Å². The van der Waals surface area contributed by atoms with Gasteiger partial charge in [0.05, 0.1) is 24.8 Å². The van der Waals surface area contributed by atoms with Gasteiger partial charge in [-0.1, -0.05) is 6.92 Å². The first-order valence-electron chi connectivity index (χ1n) is 8.77. The lowest BCUT2D eigenvalue weighted by Gasteiger charge is -2.31. The van der Waals surface area contributed by atoms with Gasteiger partial charge in [-0.05, 0) is 30.9 Å². The molecule has 0 spiro atoms. The van der Waals surface area contributed by atoms with Crippen molar-refractivity contribution in [2.45, 2.75) is 19.8 Å². The molecule has 1 aliphatic heterocycles. The molecular formula is C18H23N5O4. The number of aromatic nitrogens is 2. The molecule has 144 valence electrons. The predicted octanol–water partition coefficient (Wildman–Crippen LogP) is 3.38. The van der Waals surface area contributed by atoms with Crippen LogP contribution in [0.1, 0.15) is 19.8 Å². The fraction of sp³-hybridized carbons (Fsp3) is 0.444. The lowest BCUT2D eigenvalue weighted by molar-refractivity contribution is -0.383. The topological polar surface area (TPSA) is 103 Å². The van der Waals surface area contributed by atoms with E-state index < -0.39 is 4.92 Å². The Balaban J connectivity index is 2.01. The molecular weight excluding hydrogens is 350 g/mol. The third kappa shape index (κ3) is 4.02. The van der Waals surface area contributed by atoms with Gasteiger partial charge in [0.2, 0.25) is 11.6 Å². The Morgan fingerprint density at radius 2 is 2.11 bits per heavy atom. The van der Waals surface area contributed by atoms with Gasteiger partial charge in [0.15, 0.2) is 0 Å². The fourth-order valence-electron chi connectivity index (χ4n) is 3.28. The van der Waals surface area contributed by atoms with E-state index >= 15 is 0 Å². The van der Waals surface area contributed by atoms with Crippen molar-refractivity contribution in [1.29, 1.82) is 0 Å². The Hall–Kier alpha value is -3.10. The highest BCUT2D eigenvalue weighted by molar-refractivity contribution is 5.77. The maximum Gasteiger partial charge on any atom is 0.353 e. The van der Waals surface area contributed by atoms with Gasteiger partial charge in [0.25, 0.3) is 0 Å². The van der Waals surface area contributed by atoms with E-state index in [4.69, 9.17) is 9.47 Å². The standard InChI is InChI=1S/C18H23N5O4/c1-12-5-4-8-22(10-12)18-16(23(24)25)17(19-11-20-18)21-14-9-13(26-2)6-7-15(14)27-3/h6-7,9,11-12H,4-5,8,10H2,1-3H3,(H,19,20,21). The number of nitrogens with zero attached hydrogens (tertiary/aromatic N) is 4.